The lowest BCUT2D eigenvalue weighted by Crippen LogP contribution is -2.30. The number of nitrogens with zero attached hydrogens (tertiary/aromatic N) is 2. The van der Waals surface area contributed by atoms with Crippen molar-refractivity contribution >= 4 is 27.6 Å². The van der Waals surface area contributed by atoms with Gasteiger partial charge in [-0.05, 0) is 61.1 Å². The molecule has 0 bridgehead atoms. The number of hydrogen-bond acceptors (Lipinski definition) is 1. The van der Waals surface area contributed by atoms with Crippen molar-refractivity contribution in [1.82, 2.24) is 0 Å². The van der Waals surface area contributed by atoms with Crippen molar-refractivity contribution < 1.29 is 8.98 Å². The van der Waals surface area contributed by atoms with Crippen molar-refractivity contribution in [1.29, 1.82) is 0 Å². The van der Waals surface area contributed by atoms with E-state index >= 15 is 0 Å². The maximum atomic E-state index is 7.77. The molecule has 0 unspecified atom stereocenters. The molecule has 4 aromatic rings. The molecule has 144 valence electrons. The molecule has 0 atom stereocenters. The number of furan rings is 1. The van der Waals surface area contributed by atoms with Crippen molar-refractivity contribution in [2.75, 3.05) is 0 Å². The van der Waals surface area contributed by atoms with E-state index in [4.69, 9.17) is 11.0 Å². The zero-order valence-electron chi connectivity index (χ0n) is 17.0. The molecular weight excluding hydrogens is 356 g/mol. The van der Waals surface area contributed by atoms with Crippen LogP contribution in [0.2, 0.25) is 0 Å². The molecular formula is C26H25N2O+. The summed E-state index contributed by atoms with van der Waals surface area (Å²) in [7, 11) is 2.08. The second-order valence-corrected chi connectivity index (χ2v) is 8.28. The standard InChI is InChI=1S/C26H25N2O/c1-17-15-24-20(16-19(17)22-11-7-8-14-28(22)3)26-23(29-24)13-12-21(27-2)25(26)18-9-5-4-6-10-18/h7-8,11-16,18H,4-6,9-10H2,1,3H3/q+1. The molecule has 0 saturated heterocycles. The quantitative estimate of drug-likeness (QED) is 0.271. The molecule has 0 spiro atoms. The third-order valence-electron chi connectivity index (χ3n) is 6.46. The Morgan fingerprint density at radius 3 is 2.62 bits per heavy atom. The Morgan fingerprint density at radius 2 is 1.86 bits per heavy atom. The van der Waals surface area contributed by atoms with Gasteiger partial charge in [-0.1, -0.05) is 25.3 Å². The molecule has 0 N–H and O–H groups in total. The minimum Gasteiger partial charge on any atom is -0.456 e. The Hall–Kier alpha value is -3.12. The minimum atomic E-state index is 0.454. The van der Waals surface area contributed by atoms with Gasteiger partial charge in [0.25, 0.3) is 0 Å². The highest BCUT2D eigenvalue weighted by molar-refractivity contribution is 6.10. The number of hydrogen-bond donors (Lipinski definition) is 0. The van der Waals surface area contributed by atoms with Crippen molar-refractivity contribution in [3.63, 3.8) is 0 Å². The Morgan fingerprint density at radius 1 is 1.03 bits per heavy atom. The van der Waals surface area contributed by atoms with Gasteiger partial charge in [0, 0.05) is 28.5 Å². The summed E-state index contributed by atoms with van der Waals surface area (Å²) in [6.45, 7) is 9.91. The maximum absolute atomic E-state index is 7.77. The molecule has 0 amide bonds. The van der Waals surface area contributed by atoms with Crippen molar-refractivity contribution in [2.45, 2.75) is 44.9 Å². The highest BCUT2D eigenvalue weighted by Crippen LogP contribution is 2.45. The Labute approximate surface area is 171 Å². The normalized spacial score (nSPS) is 15.1. The first kappa shape index (κ1) is 17.9. The lowest BCUT2D eigenvalue weighted by Gasteiger charge is -2.24. The molecule has 29 heavy (non-hydrogen) atoms. The highest BCUT2D eigenvalue weighted by atomic mass is 16.3. The van der Waals surface area contributed by atoms with Gasteiger partial charge in [-0.2, -0.15) is 0 Å². The van der Waals surface area contributed by atoms with Crippen LogP contribution in [0.25, 0.3) is 38.0 Å². The fourth-order valence-corrected chi connectivity index (χ4v) is 5.01. The summed E-state index contributed by atoms with van der Waals surface area (Å²) in [6, 6.07) is 14.6. The lowest BCUT2D eigenvalue weighted by molar-refractivity contribution is -0.660. The topological polar surface area (TPSA) is 21.4 Å². The van der Waals surface area contributed by atoms with Crippen molar-refractivity contribution in [2.24, 2.45) is 7.05 Å². The van der Waals surface area contributed by atoms with Crippen LogP contribution in [0.1, 0.15) is 49.1 Å². The van der Waals surface area contributed by atoms with E-state index in [9.17, 15) is 0 Å². The summed E-state index contributed by atoms with van der Waals surface area (Å²) in [5.41, 5.74) is 7.42. The highest BCUT2D eigenvalue weighted by Gasteiger charge is 2.25. The lowest BCUT2D eigenvalue weighted by atomic mass is 9.81. The molecule has 1 aliphatic rings. The van der Waals surface area contributed by atoms with Crippen molar-refractivity contribution in [3.8, 4) is 11.3 Å². The van der Waals surface area contributed by atoms with Crippen LogP contribution in [0, 0.1) is 13.5 Å². The summed E-state index contributed by atoms with van der Waals surface area (Å²) in [5.74, 6) is 0.454. The van der Waals surface area contributed by atoms with Crippen LogP contribution >= 0.6 is 0 Å². The van der Waals surface area contributed by atoms with Gasteiger partial charge in [0.1, 0.15) is 18.2 Å². The molecule has 3 heteroatoms. The zero-order valence-corrected chi connectivity index (χ0v) is 17.0. The number of aromatic nitrogens is 1. The van der Waals surface area contributed by atoms with E-state index in [1.165, 1.54) is 54.5 Å². The fourth-order valence-electron chi connectivity index (χ4n) is 5.01. The van der Waals surface area contributed by atoms with E-state index in [1.807, 2.05) is 18.2 Å². The van der Waals surface area contributed by atoms with Gasteiger partial charge < -0.3 is 4.42 Å². The largest absolute Gasteiger partial charge is 0.456 e. The van der Waals surface area contributed by atoms with E-state index in [0.29, 0.717) is 5.92 Å². The van der Waals surface area contributed by atoms with Gasteiger partial charge in [0.2, 0.25) is 5.69 Å². The van der Waals surface area contributed by atoms with E-state index in [2.05, 4.69) is 53.8 Å². The molecule has 5 rings (SSSR count). The number of benzene rings is 2. The zero-order chi connectivity index (χ0) is 20.0. The predicted octanol–water partition coefficient (Wildman–Crippen LogP) is 6.98. The van der Waals surface area contributed by atoms with Gasteiger partial charge in [-0.3, -0.25) is 0 Å². The third kappa shape index (κ3) is 2.91. The predicted molar refractivity (Wildman–Crippen MR) is 117 cm³/mol. The first-order valence-corrected chi connectivity index (χ1v) is 10.5. The molecule has 1 aliphatic carbocycles. The van der Waals surface area contributed by atoms with Crippen LogP contribution < -0.4 is 4.57 Å². The summed E-state index contributed by atoms with van der Waals surface area (Å²) < 4.78 is 8.43. The minimum absolute atomic E-state index is 0.454. The Kier molecular flexibility index (Phi) is 4.36. The van der Waals surface area contributed by atoms with E-state index in [-0.39, 0.29) is 0 Å². The monoisotopic (exact) mass is 381 g/mol. The molecule has 0 radical (unpaired) electrons. The van der Waals surface area contributed by atoms with E-state index in [1.54, 1.807) is 0 Å². The van der Waals surface area contributed by atoms with Gasteiger partial charge in [0.05, 0.1) is 6.57 Å². The second-order valence-electron chi connectivity index (χ2n) is 8.28. The molecule has 2 aromatic carbocycles. The van der Waals surface area contributed by atoms with Crippen LogP contribution in [0.5, 0.6) is 0 Å². The summed E-state index contributed by atoms with van der Waals surface area (Å²) in [6.07, 6.45) is 8.22. The summed E-state index contributed by atoms with van der Waals surface area (Å²) in [5, 5.41) is 2.29. The first-order valence-electron chi connectivity index (χ1n) is 10.5. The van der Waals surface area contributed by atoms with Gasteiger partial charge >= 0.3 is 0 Å². The Balaban J connectivity index is 1.83. The molecule has 2 heterocycles. The summed E-state index contributed by atoms with van der Waals surface area (Å²) in [4.78, 5) is 3.90. The van der Waals surface area contributed by atoms with Crippen LogP contribution in [0.4, 0.5) is 5.69 Å². The average molecular weight is 381 g/mol. The summed E-state index contributed by atoms with van der Waals surface area (Å²) >= 11 is 0. The van der Waals surface area contributed by atoms with Gasteiger partial charge in [-0.15, -0.1) is 0 Å². The molecule has 0 aliphatic heterocycles. The Bertz CT molecular complexity index is 1270. The van der Waals surface area contributed by atoms with Crippen LogP contribution in [0.15, 0.2) is 53.1 Å². The van der Waals surface area contributed by atoms with Gasteiger partial charge in [0.15, 0.2) is 11.9 Å². The SMILES string of the molecule is [C-]#[N+]c1ccc2oc3cc(C)c(-c4cccc[n+]4C)cc3c2c1C1CCCCC1. The third-order valence-corrected chi connectivity index (χ3v) is 6.46. The van der Waals surface area contributed by atoms with Gasteiger partial charge in [-0.25, -0.2) is 9.41 Å². The fraction of sp³-hybridized carbons (Fsp3) is 0.308. The first-order chi connectivity index (χ1) is 14.2. The van der Waals surface area contributed by atoms with Crippen LogP contribution in [-0.2, 0) is 7.05 Å². The maximum Gasteiger partial charge on any atom is 0.212 e. The van der Waals surface area contributed by atoms with Crippen molar-refractivity contribution in [3.05, 3.63) is 71.2 Å². The second kappa shape index (κ2) is 7.04. The average Bonchev–Trinajstić information content (AvgIpc) is 3.10. The van der Waals surface area contributed by atoms with E-state index < -0.39 is 0 Å². The molecule has 1 fully saturated rings. The van der Waals surface area contributed by atoms with Crippen LogP contribution in [-0.4, -0.2) is 0 Å². The number of rotatable bonds is 2. The molecule has 3 nitrogen and oxygen atoms in total. The number of aryl methyl sites for hydroxylation is 2. The van der Waals surface area contributed by atoms with E-state index in [0.717, 1.165) is 27.6 Å². The number of pyridine rings is 1. The smallest absolute Gasteiger partial charge is 0.212 e. The van der Waals surface area contributed by atoms with Crippen LogP contribution in [0.3, 0.4) is 0 Å². The molecule has 1 saturated carbocycles. The number of fused-ring (bicyclic) bond motifs is 3. The molecule has 2 aromatic heterocycles.